The summed E-state index contributed by atoms with van der Waals surface area (Å²) in [6.45, 7) is -0.136. The second-order valence-electron chi connectivity index (χ2n) is 5.30. The Balaban J connectivity index is 2.72. The quantitative estimate of drug-likeness (QED) is 0.424. The molecule has 0 nitrogen and oxygen atoms in total. The Hall–Kier alpha value is 1.59. The third kappa shape index (κ3) is 4.36. The van der Waals surface area contributed by atoms with Crippen LogP contribution >= 0.6 is 44.3 Å². The summed E-state index contributed by atoms with van der Waals surface area (Å²) in [6.07, 6.45) is 7.19. The molecule has 0 radical (unpaired) electrons. The van der Waals surface area contributed by atoms with Gasteiger partial charge in [0.1, 0.15) is 0 Å². The Bertz CT molecular complexity index is 226. The fourth-order valence-electron chi connectivity index (χ4n) is 2.60. The summed E-state index contributed by atoms with van der Waals surface area (Å²) < 4.78 is 0. The SMILES string of the molecule is C[Si](Cl)(Cl)CCC1([Si](C)(Cl)Cl)CCCCC1. The van der Waals surface area contributed by atoms with Gasteiger partial charge in [0.15, 0.2) is 0 Å². The van der Waals surface area contributed by atoms with Crippen LogP contribution in [0.4, 0.5) is 0 Å². The normalized spacial score (nSPS) is 22.1. The van der Waals surface area contributed by atoms with Crippen LogP contribution in [0.25, 0.3) is 0 Å². The van der Waals surface area contributed by atoms with Gasteiger partial charge in [-0.25, -0.2) is 0 Å². The largest absolute Gasteiger partial charge is 0.254 e. The summed E-state index contributed by atoms with van der Waals surface area (Å²) in [6, 6.07) is 0.915. The topological polar surface area (TPSA) is 0 Å². The summed E-state index contributed by atoms with van der Waals surface area (Å²) >= 11 is 25.5. The van der Waals surface area contributed by atoms with E-state index in [1.807, 2.05) is 6.55 Å². The number of halogens is 4. The van der Waals surface area contributed by atoms with Gasteiger partial charge in [0, 0.05) is 0 Å². The van der Waals surface area contributed by atoms with Gasteiger partial charge in [0.25, 0.3) is 6.69 Å². The highest BCUT2D eigenvalue weighted by atomic mass is 35.7. The molecule has 0 aromatic carbocycles. The van der Waals surface area contributed by atoms with Gasteiger partial charge in [-0.1, -0.05) is 19.3 Å². The summed E-state index contributed by atoms with van der Waals surface area (Å²) in [7, 11) is 0. The van der Waals surface area contributed by atoms with E-state index in [4.69, 9.17) is 44.3 Å². The minimum atomic E-state index is -2.16. The van der Waals surface area contributed by atoms with Crippen molar-refractivity contribution < 1.29 is 0 Å². The first kappa shape index (κ1) is 15.7. The molecule has 0 N–H and O–H groups in total. The summed E-state index contributed by atoms with van der Waals surface area (Å²) in [5.41, 5.74) is 0. The average molecular weight is 338 g/mol. The second kappa shape index (κ2) is 5.71. The molecule has 1 fully saturated rings. The van der Waals surface area contributed by atoms with Gasteiger partial charge >= 0.3 is 0 Å². The molecule has 0 unspecified atom stereocenters. The monoisotopic (exact) mass is 336 g/mol. The predicted octanol–water partition coefficient (Wildman–Crippen LogP) is 6.18. The summed E-state index contributed by atoms with van der Waals surface area (Å²) in [4.78, 5) is 0. The molecule has 0 bridgehead atoms. The van der Waals surface area contributed by atoms with E-state index in [1.54, 1.807) is 0 Å². The van der Waals surface area contributed by atoms with Crippen LogP contribution in [0.3, 0.4) is 0 Å². The van der Waals surface area contributed by atoms with Crippen molar-refractivity contribution in [1.29, 1.82) is 0 Å². The highest BCUT2D eigenvalue weighted by Crippen LogP contribution is 2.57. The number of hydrogen-bond donors (Lipinski definition) is 0. The molecule has 96 valence electrons. The van der Waals surface area contributed by atoms with Crippen molar-refractivity contribution >= 4 is 57.7 Å². The van der Waals surface area contributed by atoms with Crippen LogP contribution in [0.2, 0.25) is 24.2 Å². The van der Waals surface area contributed by atoms with Crippen LogP contribution in [0.15, 0.2) is 0 Å². The molecule has 16 heavy (non-hydrogen) atoms. The Morgan fingerprint density at radius 1 is 0.938 bits per heavy atom. The molecule has 1 aliphatic rings. The molecule has 0 atom stereocenters. The zero-order valence-corrected chi connectivity index (χ0v) is 15.0. The van der Waals surface area contributed by atoms with E-state index in [2.05, 4.69) is 6.55 Å². The Morgan fingerprint density at radius 2 is 1.44 bits per heavy atom. The van der Waals surface area contributed by atoms with Crippen molar-refractivity contribution in [3.05, 3.63) is 0 Å². The van der Waals surface area contributed by atoms with Crippen LogP contribution < -0.4 is 0 Å². The van der Waals surface area contributed by atoms with E-state index in [0.717, 1.165) is 12.5 Å². The van der Waals surface area contributed by atoms with Crippen LogP contribution in [-0.2, 0) is 0 Å². The van der Waals surface area contributed by atoms with E-state index in [1.165, 1.54) is 32.1 Å². The van der Waals surface area contributed by atoms with Crippen molar-refractivity contribution in [1.82, 2.24) is 0 Å². The fraction of sp³-hybridized carbons (Fsp3) is 1.00. The van der Waals surface area contributed by atoms with Gasteiger partial charge in [-0.05, 0) is 43.4 Å². The first-order chi connectivity index (χ1) is 7.16. The Labute approximate surface area is 120 Å². The molecular formula is C10H20Cl4Si2. The molecular weight excluding hydrogens is 318 g/mol. The third-order valence-electron chi connectivity index (χ3n) is 3.78. The summed E-state index contributed by atoms with van der Waals surface area (Å²) in [5, 5.41) is 0.159. The summed E-state index contributed by atoms with van der Waals surface area (Å²) in [5.74, 6) is 0. The molecule has 6 heteroatoms. The van der Waals surface area contributed by atoms with Crippen LogP contribution in [0.5, 0.6) is 0 Å². The zero-order chi connectivity index (χ0) is 12.4. The molecule has 0 aliphatic heterocycles. The van der Waals surface area contributed by atoms with Gasteiger partial charge in [0.05, 0.1) is 0 Å². The molecule has 1 aliphatic carbocycles. The van der Waals surface area contributed by atoms with Gasteiger partial charge in [-0.3, -0.25) is 0 Å². The van der Waals surface area contributed by atoms with E-state index in [-0.39, 0.29) is 5.04 Å². The highest BCUT2D eigenvalue weighted by Gasteiger charge is 2.49. The average Bonchev–Trinajstić information content (AvgIpc) is 2.13. The minimum absolute atomic E-state index is 0.159. The molecule has 0 saturated heterocycles. The molecule has 1 rings (SSSR count). The standard InChI is InChI=1S/C10H20Cl4Si2/c1-15(11,12)9-8-10(16(2,13)14)6-4-3-5-7-10/h3-9H2,1-2H3. The van der Waals surface area contributed by atoms with E-state index in [0.29, 0.717) is 0 Å². The molecule has 0 spiro atoms. The highest BCUT2D eigenvalue weighted by molar-refractivity contribution is 7.46. The fourth-order valence-corrected chi connectivity index (χ4v) is 7.83. The van der Waals surface area contributed by atoms with Crippen LogP contribution in [0, 0.1) is 0 Å². The Kier molecular flexibility index (Phi) is 5.58. The van der Waals surface area contributed by atoms with Gasteiger partial charge in [-0.2, -0.15) is 0 Å². The maximum absolute atomic E-state index is 6.53. The van der Waals surface area contributed by atoms with E-state index in [9.17, 15) is 0 Å². The number of rotatable bonds is 4. The van der Waals surface area contributed by atoms with Crippen molar-refractivity contribution in [3.63, 3.8) is 0 Å². The van der Waals surface area contributed by atoms with Crippen molar-refractivity contribution in [3.8, 4) is 0 Å². The van der Waals surface area contributed by atoms with Gasteiger partial charge in [-0.15, -0.1) is 44.3 Å². The first-order valence-electron chi connectivity index (χ1n) is 5.92. The first-order valence-corrected chi connectivity index (χ1v) is 15.2. The second-order valence-corrected chi connectivity index (χ2v) is 21.5. The third-order valence-corrected chi connectivity index (χ3v) is 11.1. The molecule has 0 aromatic rings. The van der Waals surface area contributed by atoms with Crippen LogP contribution in [0.1, 0.15) is 38.5 Å². The molecule has 0 amide bonds. The lowest BCUT2D eigenvalue weighted by molar-refractivity contribution is 0.361. The van der Waals surface area contributed by atoms with E-state index < -0.39 is 13.4 Å². The molecule has 1 saturated carbocycles. The maximum Gasteiger partial charge on any atom is 0.254 e. The molecule has 0 heterocycles. The van der Waals surface area contributed by atoms with Gasteiger partial charge < -0.3 is 0 Å². The minimum Gasteiger partial charge on any atom is -0.146 e. The van der Waals surface area contributed by atoms with E-state index >= 15 is 0 Å². The zero-order valence-electron chi connectivity index (χ0n) is 9.96. The lowest BCUT2D eigenvalue weighted by atomic mass is 9.86. The predicted molar refractivity (Wildman–Crippen MR) is 81.9 cm³/mol. The van der Waals surface area contributed by atoms with Crippen molar-refractivity contribution in [2.24, 2.45) is 0 Å². The lowest BCUT2D eigenvalue weighted by Gasteiger charge is -2.43. The van der Waals surface area contributed by atoms with Crippen LogP contribution in [-0.4, -0.2) is 13.4 Å². The lowest BCUT2D eigenvalue weighted by Crippen LogP contribution is -2.38. The Morgan fingerprint density at radius 3 is 1.81 bits per heavy atom. The van der Waals surface area contributed by atoms with Crippen molar-refractivity contribution in [2.75, 3.05) is 0 Å². The number of hydrogen-bond acceptors (Lipinski definition) is 0. The maximum atomic E-state index is 6.53. The van der Waals surface area contributed by atoms with Crippen molar-refractivity contribution in [2.45, 2.75) is 62.7 Å². The smallest absolute Gasteiger partial charge is 0.146 e. The van der Waals surface area contributed by atoms with Gasteiger partial charge in [0.2, 0.25) is 6.69 Å². The molecule has 0 aromatic heterocycles.